The molecule has 0 aromatic heterocycles. The molecule has 3 amide bonds. The molecule has 0 atom stereocenters. The van der Waals surface area contributed by atoms with Crippen LogP contribution in [0.5, 0.6) is 5.75 Å². The molecule has 1 heterocycles. The van der Waals surface area contributed by atoms with Crippen LogP contribution in [0.4, 0.5) is 21.9 Å². The first kappa shape index (κ1) is 19.1. The van der Waals surface area contributed by atoms with Gasteiger partial charge in [0.1, 0.15) is 5.75 Å². The standard InChI is InChI=1S/C22H26N4O3/c1-29-18-9-6-16(7-10-18)24-22(28)25-17-8-11-20(26-12-2-3-13-26)19(14-17)21(27)23-15-4-5-15/h6-11,14-15H,2-5,12-13H2,1H3,(H,23,27)(H2,24,25,28). The predicted molar refractivity (Wildman–Crippen MR) is 114 cm³/mol. The number of nitrogens with zero attached hydrogens (tertiary/aromatic N) is 1. The number of amides is 3. The fourth-order valence-electron chi connectivity index (χ4n) is 3.49. The molecule has 7 nitrogen and oxygen atoms in total. The van der Waals surface area contributed by atoms with Crippen molar-refractivity contribution < 1.29 is 14.3 Å². The normalized spacial score (nSPS) is 15.7. The lowest BCUT2D eigenvalue weighted by atomic mass is 10.1. The van der Waals surface area contributed by atoms with Gasteiger partial charge in [-0.2, -0.15) is 0 Å². The van der Waals surface area contributed by atoms with Gasteiger partial charge in [0.15, 0.2) is 0 Å². The van der Waals surface area contributed by atoms with E-state index in [1.165, 1.54) is 0 Å². The first-order valence-electron chi connectivity index (χ1n) is 10.0. The Labute approximate surface area is 170 Å². The van der Waals surface area contributed by atoms with E-state index in [-0.39, 0.29) is 18.0 Å². The lowest BCUT2D eigenvalue weighted by Gasteiger charge is -2.22. The van der Waals surface area contributed by atoms with Crippen LogP contribution < -0.4 is 25.6 Å². The van der Waals surface area contributed by atoms with Crippen LogP contribution in [0.2, 0.25) is 0 Å². The predicted octanol–water partition coefficient (Wildman–Crippen LogP) is 3.83. The average molecular weight is 394 g/mol. The number of ether oxygens (including phenoxy) is 1. The van der Waals surface area contributed by atoms with Crippen LogP contribution in [0, 0.1) is 0 Å². The second-order valence-electron chi connectivity index (χ2n) is 7.48. The van der Waals surface area contributed by atoms with Crippen molar-refractivity contribution in [1.82, 2.24) is 5.32 Å². The summed E-state index contributed by atoms with van der Waals surface area (Å²) in [4.78, 5) is 27.4. The Morgan fingerprint density at radius 1 is 0.966 bits per heavy atom. The third kappa shape index (κ3) is 4.80. The number of anilines is 3. The molecule has 1 aliphatic heterocycles. The molecule has 0 radical (unpaired) electrons. The topological polar surface area (TPSA) is 82.7 Å². The van der Waals surface area contributed by atoms with Gasteiger partial charge in [0, 0.05) is 36.2 Å². The Bertz CT molecular complexity index is 887. The highest BCUT2D eigenvalue weighted by Gasteiger charge is 2.26. The quantitative estimate of drug-likeness (QED) is 0.695. The lowest BCUT2D eigenvalue weighted by Crippen LogP contribution is -2.29. The van der Waals surface area contributed by atoms with Crippen molar-refractivity contribution in [2.75, 3.05) is 35.7 Å². The van der Waals surface area contributed by atoms with Crippen molar-refractivity contribution in [3.8, 4) is 5.75 Å². The van der Waals surface area contributed by atoms with Crippen LogP contribution in [0.15, 0.2) is 42.5 Å². The van der Waals surface area contributed by atoms with Crippen molar-refractivity contribution in [3.05, 3.63) is 48.0 Å². The molecule has 1 saturated carbocycles. The molecule has 1 saturated heterocycles. The minimum Gasteiger partial charge on any atom is -0.497 e. The highest BCUT2D eigenvalue weighted by Crippen LogP contribution is 2.29. The fraction of sp³-hybridized carbons (Fsp3) is 0.364. The number of urea groups is 1. The van der Waals surface area contributed by atoms with Gasteiger partial charge in [-0.05, 0) is 68.1 Å². The third-order valence-electron chi connectivity index (χ3n) is 5.21. The van der Waals surface area contributed by atoms with Gasteiger partial charge in [-0.3, -0.25) is 4.79 Å². The Morgan fingerprint density at radius 3 is 2.28 bits per heavy atom. The van der Waals surface area contributed by atoms with Crippen LogP contribution in [0.1, 0.15) is 36.0 Å². The number of carbonyl (C=O) groups is 2. The average Bonchev–Trinajstić information content (AvgIpc) is 3.37. The summed E-state index contributed by atoms with van der Waals surface area (Å²) in [5, 5.41) is 8.67. The summed E-state index contributed by atoms with van der Waals surface area (Å²) in [5.74, 6) is 0.647. The van der Waals surface area contributed by atoms with E-state index in [1.807, 2.05) is 12.1 Å². The van der Waals surface area contributed by atoms with Crippen LogP contribution in [-0.2, 0) is 0 Å². The smallest absolute Gasteiger partial charge is 0.323 e. The van der Waals surface area contributed by atoms with Gasteiger partial charge in [-0.15, -0.1) is 0 Å². The molecule has 0 spiro atoms. The molecular weight excluding hydrogens is 368 g/mol. The summed E-state index contributed by atoms with van der Waals surface area (Å²) in [7, 11) is 1.60. The SMILES string of the molecule is COc1ccc(NC(=O)Nc2ccc(N3CCCC3)c(C(=O)NC3CC3)c2)cc1. The number of hydrogen-bond acceptors (Lipinski definition) is 4. The molecule has 1 aliphatic carbocycles. The van der Waals surface area contributed by atoms with E-state index in [4.69, 9.17) is 4.74 Å². The van der Waals surface area contributed by atoms with Crippen LogP contribution >= 0.6 is 0 Å². The molecule has 7 heteroatoms. The Hall–Kier alpha value is -3.22. The van der Waals surface area contributed by atoms with Crippen LogP contribution in [0.25, 0.3) is 0 Å². The zero-order valence-electron chi connectivity index (χ0n) is 16.5. The number of hydrogen-bond donors (Lipinski definition) is 3. The molecule has 0 unspecified atom stereocenters. The largest absolute Gasteiger partial charge is 0.497 e. The van der Waals surface area contributed by atoms with E-state index >= 15 is 0 Å². The molecule has 29 heavy (non-hydrogen) atoms. The van der Waals surface area contributed by atoms with Crippen molar-refractivity contribution in [2.24, 2.45) is 0 Å². The van der Waals surface area contributed by atoms with E-state index in [0.29, 0.717) is 16.9 Å². The number of nitrogens with one attached hydrogen (secondary N) is 3. The Kier molecular flexibility index (Phi) is 5.55. The van der Waals surface area contributed by atoms with Crippen molar-refractivity contribution >= 4 is 29.0 Å². The number of methoxy groups -OCH3 is 1. The molecule has 3 N–H and O–H groups in total. The summed E-state index contributed by atoms with van der Waals surface area (Å²) in [6, 6.07) is 12.5. The maximum absolute atomic E-state index is 12.8. The van der Waals surface area contributed by atoms with Gasteiger partial charge >= 0.3 is 6.03 Å². The number of rotatable bonds is 6. The Morgan fingerprint density at radius 2 is 1.62 bits per heavy atom. The zero-order valence-corrected chi connectivity index (χ0v) is 16.5. The monoisotopic (exact) mass is 394 g/mol. The van der Waals surface area contributed by atoms with E-state index in [0.717, 1.165) is 50.2 Å². The van der Waals surface area contributed by atoms with Crippen molar-refractivity contribution in [2.45, 2.75) is 31.7 Å². The van der Waals surface area contributed by atoms with Gasteiger partial charge in [0.05, 0.1) is 12.7 Å². The highest BCUT2D eigenvalue weighted by atomic mass is 16.5. The molecule has 4 rings (SSSR count). The fourth-order valence-corrected chi connectivity index (χ4v) is 3.49. The highest BCUT2D eigenvalue weighted by molar-refractivity contribution is 6.04. The summed E-state index contributed by atoms with van der Waals surface area (Å²) in [6.07, 6.45) is 4.34. The maximum Gasteiger partial charge on any atom is 0.323 e. The van der Waals surface area contributed by atoms with E-state index in [9.17, 15) is 9.59 Å². The summed E-state index contributed by atoms with van der Waals surface area (Å²) < 4.78 is 5.12. The van der Waals surface area contributed by atoms with E-state index in [2.05, 4.69) is 20.9 Å². The molecule has 2 fully saturated rings. The molecule has 2 aliphatic rings. The molecule has 152 valence electrons. The molecule has 2 aromatic rings. The van der Waals surface area contributed by atoms with E-state index in [1.54, 1.807) is 37.4 Å². The van der Waals surface area contributed by atoms with Gasteiger partial charge < -0.3 is 25.6 Å². The first-order chi connectivity index (χ1) is 14.1. The second-order valence-corrected chi connectivity index (χ2v) is 7.48. The van der Waals surface area contributed by atoms with E-state index < -0.39 is 0 Å². The summed E-state index contributed by atoms with van der Waals surface area (Å²) in [6.45, 7) is 1.91. The molecule has 2 aromatic carbocycles. The number of benzene rings is 2. The third-order valence-corrected chi connectivity index (χ3v) is 5.21. The second kappa shape index (κ2) is 8.43. The van der Waals surface area contributed by atoms with Gasteiger partial charge in [-0.25, -0.2) is 4.79 Å². The molecular formula is C22H26N4O3. The van der Waals surface area contributed by atoms with Gasteiger partial charge in [0.2, 0.25) is 0 Å². The minimum atomic E-state index is -0.363. The van der Waals surface area contributed by atoms with Crippen molar-refractivity contribution in [3.63, 3.8) is 0 Å². The van der Waals surface area contributed by atoms with Crippen molar-refractivity contribution in [1.29, 1.82) is 0 Å². The van der Waals surface area contributed by atoms with Gasteiger partial charge in [-0.1, -0.05) is 0 Å². The summed E-state index contributed by atoms with van der Waals surface area (Å²) in [5.41, 5.74) is 2.78. The molecule has 0 bridgehead atoms. The van der Waals surface area contributed by atoms with Crippen LogP contribution in [-0.4, -0.2) is 38.2 Å². The lowest BCUT2D eigenvalue weighted by molar-refractivity contribution is 0.0951. The summed E-state index contributed by atoms with van der Waals surface area (Å²) >= 11 is 0. The van der Waals surface area contributed by atoms with Gasteiger partial charge in [0.25, 0.3) is 5.91 Å². The Balaban J connectivity index is 1.48. The minimum absolute atomic E-state index is 0.0754. The van der Waals surface area contributed by atoms with Crippen LogP contribution in [0.3, 0.4) is 0 Å². The first-order valence-corrected chi connectivity index (χ1v) is 10.0. The number of carbonyl (C=O) groups excluding carboxylic acids is 2. The zero-order chi connectivity index (χ0) is 20.2. The maximum atomic E-state index is 12.8.